The van der Waals surface area contributed by atoms with Gasteiger partial charge in [0.15, 0.2) is 0 Å². The zero-order chi connectivity index (χ0) is 18.5. The standard InChI is InChI=1S/C19H12Cl2N4O/c20-15-7-6-14(9-16(15)21)24-18-8-5-13(11-23-18)19(26)25-17-4-2-1-3-12(17)10-22/h1-9,11H,(H,23,24)(H,25,26). The molecule has 0 spiro atoms. The van der Waals surface area contributed by atoms with Gasteiger partial charge < -0.3 is 10.6 Å². The smallest absolute Gasteiger partial charge is 0.257 e. The molecule has 2 N–H and O–H groups in total. The third kappa shape index (κ3) is 4.12. The van der Waals surface area contributed by atoms with E-state index in [2.05, 4.69) is 15.6 Å². The van der Waals surface area contributed by atoms with Crippen LogP contribution in [0.5, 0.6) is 0 Å². The Kier molecular flexibility index (Phi) is 5.37. The van der Waals surface area contributed by atoms with E-state index in [1.54, 1.807) is 54.6 Å². The molecule has 5 nitrogen and oxygen atoms in total. The number of benzene rings is 2. The van der Waals surface area contributed by atoms with Crippen LogP contribution < -0.4 is 10.6 Å². The molecule has 0 aliphatic heterocycles. The van der Waals surface area contributed by atoms with Gasteiger partial charge in [-0.25, -0.2) is 4.98 Å². The Labute approximate surface area is 160 Å². The molecule has 0 aliphatic carbocycles. The van der Waals surface area contributed by atoms with Crippen LogP contribution in [0.2, 0.25) is 10.0 Å². The van der Waals surface area contributed by atoms with Crippen LogP contribution >= 0.6 is 23.2 Å². The highest BCUT2D eigenvalue weighted by atomic mass is 35.5. The zero-order valence-corrected chi connectivity index (χ0v) is 14.8. The van der Waals surface area contributed by atoms with Crippen LogP contribution in [0.1, 0.15) is 15.9 Å². The summed E-state index contributed by atoms with van der Waals surface area (Å²) in [4.78, 5) is 16.5. The van der Waals surface area contributed by atoms with Crippen LogP contribution in [0.15, 0.2) is 60.8 Å². The number of carbonyl (C=O) groups is 1. The number of hydrogen-bond donors (Lipinski definition) is 2. The van der Waals surface area contributed by atoms with E-state index in [1.807, 2.05) is 6.07 Å². The van der Waals surface area contributed by atoms with Gasteiger partial charge in [0.05, 0.1) is 26.9 Å². The van der Waals surface area contributed by atoms with Crippen molar-refractivity contribution in [3.8, 4) is 6.07 Å². The number of nitriles is 1. The van der Waals surface area contributed by atoms with Crippen molar-refractivity contribution in [3.05, 3.63) is 82.0 Å². The molecule has 0 saturated heterocycles. The number of anilines is 3. The van der Waals surface area contributed by atoms with E-state index in [0.29, 0.717) is 32.7 Å². The van der Waals surface area contributed by atoms with Gasteiger partial charge in [0, 0.05) is 11.9 Å². The molecule has 128 valence electrons. The van der Waals surface area contributed by atoms with Gasteiger partial charge in [-0.1, -0.05) is 35.3 Å². The van der Waals surface area contributed by atoms with Crippen molar-refractivity contribution in [1.29, 1.82) is 5.26 Å². The van der Waals surface area contributed by atoms with E-state index >= 15 is 0 Å². The van der Waals surface area contributed by atoms with Crippen molar-refractivity contribution in [3.63, 3.8) is 0 Å². The van der Waals surface area contributed by atoms with Gasteiger partial charge in [0.1, 0.15) is 11.9 Å². The summed E-state index contributed by atoms with van der Waals surface area (Å²) >= 11 is 11.9. The average Bonchev–Trinajstić information content (AvgIpc) is 2.66. The van der Waals surface area contributed by atoms with Crippen molar-refractivity contribution in [2.24, 2.45) is 0 Å². The summed E-state index contributed by atoms with van der Waals surface area (Å²) in [6.45, 7) is 0. The predicted octanol–water partition coefficient (Wildman–Crippen LogP) is 5.26. The molecule has 0 radical (unpaired) electrons. The second kappa shape index (κ2) is 7.87. The lowest BCUT2D eigenvalue weighted by atomic mass is 10.2. The molecule has 1 aromatic heterocycles. The maximum atomic E-state index is 12.3. The minimum Gasteiger partial charge on any atom is -0.340 e. The third-order valence-electron chi connectivity index (χ3n) is 3.51. The summed E-state index contributed by atoms with van der Waals surface area (Å²) in [5.41, 5.74) is 1.95. The first kappa shape index (κ1) is 17.7. The number of aromatic nitrogens is 1. The molecule has 1 amide bonds. The maximum absolute atomic E-state index is 12.3. The molecule has 0 atom stereocenters. The van der Waals surface area contributed by atoms with E-state index in [4.69, 9.17) is 28.5 Å². The lowest BCUT2D eigenvalue weighted by Crippen LogP contribution is -2.13. The summed E-state index contributed by atoms with van der Waals surface area (Å²) in [6.07, 6.45) is 1.45. The van der Waals surface area contributed by atoms with Gasteiger partial charge in [-0.15, -0.1) is 0 Å². The molecular formula is C19H12Cl2N4O. The molecule has 1 heterocycles. The highest BCUT2D eigenvalue weighted by Crippen LogP contribution is 2.26. The molecule has 0 fully saturated rings. The fourth-order valence-electron chi connectivity index (χ4n) is 2.21. The number of carbonyl (C=O) groups excluding carboxylic acids is 1. The molecule has 26 heavy (non-hydrogen) atoms. The molecule has 3 rings (SSSR count). The summed E-state index contributed by atoms with van der Waals surface area (Å²) in [5, 5.41) is 15.8. The number of rotatable bonds is 4. The molecule has 2 aromatic carbocycles. The molecular weight excluding hydrogens is 371 g/mol. The number of amides is 1. The average molecular weight is 383 g/mol. The summed E-state index contributed by atoms with van der Waals surface area (Å²) in [5.74, 6) is 0.207. The van der Waals surface area contributed by atoms with Crippen LogP contribution in [0.25, 0.3) is 0 Å². The first-order valence-corrected chi connectivity index (χ1v) is 8.31. The fraction of sp³-hybridized carbons (Fsp3) is 0. The maximum Gasteiger partial charge on any atom is 0.257 e. The first-order chi connectivity index (χ1) is 12.6. The number of hydrogen-bond acceptors (Lipinski definition) is 4. The molecule has 0 aliphatic rings. The van der Waals surface area contributed by atoms with Crippen LogP contribution in [0, 0.1) is 11.3 Å². The normalized spacial score (nSPS) is 10.0. The van der Waals surface area contributed by atoms with E-state index in [9.17, 15) is 4.79 Å². The molecule has 0 unspecified atom stereocenters. The second-order valence-electron chi connectivity index (χ2n) is 5.30. The molecule has 0 saturated carbocycles. The highest BCUT2D eigenvalue weighted by Gasteiger charge is 2.09. The molecule has 0 bridgehead atoms. The number of nitrogens with zero attached hydrogens (tertiary/aromatic N) is 2. The highest BCUT2D eigenvalue weighted by molar-refractivity contribution is 6.42. The second-order valence-corrected chi connectivity index (χ2v) is 6.11. The Morgan fingerprint density at radius 1 is 1.04 bits per heavy atom. The fourth-order valence-corrected chi connectivity index (χ4v) is 2.51. The lowest BCUT2D eigenvalue weighted by Gasteiger charge is -2.09. The minimum absolute atomic E-state index is 0.346. The van der Waals surface area contributed by atoms with E-state index in [-0.39, 0.29) is 5.91 Å². The van der Waals surface area contributed by atoms with Gasteiger partial charge in [-0.3, -0.25) is 4.79 Å². The quantitative estimate of drug-likeness (QED) is 0.645. The lowest BCUT2D eigenvalue weighted by molar-refractivity contribution is 0.102. The van der Waals surface area contributed by atoms with Gasteiger partial charge in [-0.2, -0.15) is 5.26 Å². The first-order valence-electron chi connectivity index (χ1n) is 7.55. The Balaban J connectivity index is 1.71. The molecule has 7 heteroatoms. The number of pyridine rings is 1. The monoisotopic (exact) mass is 382 g/mol. The van der Waals surface area contributed by atoms with Gasteiger partial charge >= 0.3 is 0 Å². The van der Waals surface area contributed by atoms with Crippen LogP contribution in [-0.2, 0) is 0 Å². The van der Waals surface area contributed by atoms with Crippen LogP contribution in [0.4, 0.5) is 17.2 Å². The Hall–Kier alpha value is -3.07. The van der Waals surface area contributed by atoms with Gasteiger partial charge in [0.25, 0.3) is 5.91 Å². The van der Waals surface area contributed by atoms with Crippen molar-refractivity contribution in [2.75, 3.05) is 10.6 Å². The largest absolute Gasteiger partial charge is 0.340 e. The number of para-hydroxylation sites is 1. The Morgan fingerprint density at radius 2 is 1.85 bits per heavy atom. The van der Waals surface area contributed by atoms with Crippen molar-refractivity contribution in [1.82, 2.24) is 4.98 Å². The summed E-state index contributed by atoms with van der Waals surface area (Å²) in [7, 11) is 0. The van der Waals surface area contributed by atoms with E-state index in [1.165, 1.54) is 6.20 Å². The SMILES string of the molecule is N#Cc1ccccc1NC(=O)c1ccc(Nc2ccc(Cl)c(Cl)c2)nc1. The Morgan fingerprint density at radius 3 is 2.54 bits per heavy atom. The third-order valence-corrected chi connectivity index (χ3v) is 4.25. The van der Waals surface area contributed by atoms with E-state index in [0.717, 1.165) is 5.69 Å². The van der Waals surface area contributed by atoms with Crippen molar-refractivity contribution < 1.29 is 4.79 Å². The Bertz CT molecular complexity index is 997. The predicted molar refractivity (Wildman–Crippen MR) is 103 cm³/mol. The topological polar surface area (TPSA) is 77.8 Å². The van der Waals surface area contributed by atoms with Crippen molar-refractivity contribution >= 4 is 46.3 Å². The van der Waals surface area contributed by atoms with Crippen LogP contribution in [0.3, 0.4) is 0 Å². The number of halogens is 2. The van der Waals surface area contributed by atoms with Crippen molar-refractivity contribution in [2.45, 2.75) is 0 Å². The zero-order valence-electron chi connectivity index (χ0n) is 13.3. The summed E-state index contributed by atoms with van der Waals surface area (Å²) < 4.78 is 0. The van der Waals surface area contributed by atoms with Gasteiger partial charge in [-0.05, 0) is 42.5 Å². The molecule has 3 aromatic rings. The number of nitrogens with one attached hydrogen (secondary N) is 2. The van der Waals surface area contributed by atoms with Crippen LogP contribution in [-0.4, -0.2) is 10.9 Å². The van der Waals surface area contributed by atoms with Gasteiger partial charge in [0.2, 0.25) is 0 Å². The van der Waals surface area contributed by atoms with E-state index < -0.39 is 0 Å². The minimum atomic E-state index is -0.346. The summed E-state index contributed by atoms with van der Waals surface area (Å²) in [6, 6.07) is 17.3.